The molecule has 0 aromatic carbocycles. The van der Waals surface area contributed by atoms with E-state index >= 15 is 0 Å². The highest BCUT2D eigenvalue weighted by Gasteiger charge is 2.27. The minimum Gasteiger partial charge on any atom is -0.485 e. The molecule has 0 unspecified atom stereocenters. The molecule has 112 valence electrons. The van der Waals surface area contributed by atoms with Gasteiger partial charge in [0, 0.05) is 6.07 Å². The Hall–Kier alpha value is -1.50. The summed E-state index contributed by atoms with van der Waals surface area (Å²) in [5.41, 5.74) is -0.0371. The molecule has 6 nitrogen and oxygen atoms in total. The number of rotatable bonds is 5. The fourth-order valence-corrected chi connectivity index (χ4v) is 2.06. The van der Waals surface area contributed by atoms with E-state index in [9.17, 15) is 8.42 Å². The monoisotopic (exact) mass is 300 g/mol. The quantitative estimate of drug-likeness (QED) is 0.901. The molecule has 1 saturated carbocycles. The second-order valence-electron chi connectivity index (χ2n) is 5.93. The van der Waals surface area contributed by atoms with Gasteiger partial charge in [-0.15, -0.1) is 0 Å². The number of hydrogen-bond acceptors (Lipinski definition) is 5. The van der Waals surface area contributed by atoms with Gasteiger partial charge in [0.1, 0.15) is 5.60 Å². The van der Waals surface area contributed by atoms with Gasteiger partial charge >= 0.3 is 0 Å². The lowest BCUT2D eigenvalue weighted by Crippen LogP contribution is -2.24. The first-order valence-corrected chi connectivity index (χ1v) is 8.35. The van der Waals surface area contributed by atoms with Crippen LogP contribution in [0.4, 0.5) is 5.69 Å². The molecule has 2 rings (SSSR count). The zero-order chi connectivity index (χ0) is 15.0. The van der Waals surface area contributed by atoms with Crippen LogP contribution in [0, 0.1) is 0 Å². The Morgan fingerprint density at radius 2 is 2.00 bits per heavy atom. The van der Waals surface area contributed by atoms with E-state index in [2.05, 4.69) is 9.71 Å². The van der Waals surface area contributed by atoms with Crippen LogP contribution >= 0.6 is 0 Å². The van der Waals surface area contributed by atoms with Gasteiger partial charge in [-0.2, -0.15) is 0 Å². The molecule has 1 fully saturated rings. The highest BCUT2D eigenvalue weighted by molar-refractivity contribution is 7.92. The summed E-state index contributed by atoms with van der Waals surface area (Å²) in [6.07, 6.45) is 4.68. The molecule has 1 aromatic heterocycles. The maximum Gasteiger partial charge on any atom is 0.257 e. The van der Waals surface area contributed by atoms with Crippen LogP contribution in [0.1, 0.15) is 33.6 Å². The van der Waals surface area contributed by atoms with Crippen LogP contribution in [0.5, 0.6) is 11.6 Å². The average molecular weight is 300 g/mol. The summed E-state index contributed by atoms with van der Waals surface area (Å²) < 4.78 is 36.3. The van der Waals surface area contributed by atoms with Gasteiger partial charge in [-0.3, -0.25) is 4.72 Å². The molecule has 20 heavy (non-hydrogen) atoms. The van der Waals surface area contributed by atoms with Crippen molar-refractivity contribution in [2.24, 2.45) is 0 Å². The number of ether oxygens (including phenoxy) is 2. The van der Waals surface area contributed by atoms with Crippen LogP contribution < -0.4 is 14.2 Å². The number of anilines is 1. The van der Waals surface area contributed by atoms with E-state index in [1.807, 2.05) is 20.8 Å². The largest absolute Gasteiger partial charge is 0.485 e. The highest BCUT2D eigenvalue weighted by atomic mass is 32.2. The molecule has 0 amide bonds. The van der Waals surface area contributed by atoms with Crippen LogP contribution in [-0.4, -0.2) is 31.4 Å². The summed E-state index contributed by atoms with van der Waals surface area (Å²) in [6, 6.07) is 1.60. The van der Waals surface area contributed by atoms with Gasteiger partial charge in [-0.1, -0.05) is 0 Å². The summed E-state index contributed by atoms with van der Waals surface area (Å²) >= 11 is 0. The van der Waals surface area contributed by atoms with E-state index in [-0.39, 0.29) is 6.10 Å². The molecule has 0 aliphatic heterocycles. The summed E-state index contributed by atoms with van der Waals surface area (Å²) in [4.78, 5) is 4.15. The Morgan fingerprint density at radius 1 is 1.35 bits per heavy atom. The molecular formula is C13H20N2O4S. The fraction of sp³-hybridized carbons (Fsp3) is 0.615. The first-order chi connectivity index (χ1) is 9.12. The van der Waals surface area contributed by atoms with E-state index in [0.29, 0.717) is 17.3 Å². The number of pyridine rings is 1. The summed E-state index contributed by atoms with van der Waals surface area (Å²) in [6.45, 7) is 5.74. The highest BCUT2D eigenvalue weighted by Crippen LogP contribution is 2.35. The molecule has 1 aromatic rings. The van der Waals surface area contributed by atoms with Crippen LogP contribution in [-0.2, 0) is 10.0 Å². The Balaban J connectivity index is 2.26. The first kappa shape index (κ1) is 14.9. The van der Waals surface area contributed by atoms with E-state index < -0.39 is 15.6 Å². The van der Waals surface area contributed by atoms with Crippen LogP contribution in [0.3, 0.4) is 0 Å². The molecule has 0 bridgehead atoms. The molecule has 1 N–H and O–H groups in total. The second-order valence-corrected chi connectivity index (χ2v) is 7.68. The lowest BCUT2D eigenvalue weighted by atomic mass is 10.2. The third-order valence-corrected chi connectivity index (χ3v) is 2.95. The summed E-state index contributed by atoms with van der Waals surface area (Å²) in [5, 5.41) is 0. The minimum absolute atomic E-state index is 0.174. The number of nitrogens with one attached hydrogen (secondary N) is 1. The normalized spacial score (nSPS) is 15.8. The lowest BCUT2D eigenvalue weighted by Gasteiger charge is -2.22. The Labute approximate surface area is 119 Å². The van der Waals surface area contributed by atoms with Crippen molar-refractivity contribution in [3.05, 3.63) is 12.3 Å². The third kappa shape index (κ3) is 4.88. The van der Waals surface area contributed by atoms with E-state index in [4.69, 9.17) is 9.47 Å². The fourth-order valence-electron chi connectivity index (χ4n) is 1.52. The zero-order valence-corrected chi connectivity index (χ0v) is 13.0. The number of hydrogen-bond donors (Lipinski definition) is 1. The second kappa shape index (κ2) is 5.12. The van der Waals surface area contributed by atoms with E-state index in [1.165, 1.54) is 6.20 Å². The molecule has 1 aliphatic rings. The molecular weight excluding hydrogens is 280 g/mol. The number of sulfonamides is 1. The molecule has 1 heterocycles. The average Bonchev–Trinajstić information content (AvgIpc) is 3.01. The molecule has 0 saturated heterocycles. The Kier molecular flexibility index (Phi) is 3.82. The van der Waals surface area contributed by atoms with Crippen molar-refractivity contribution in [2.75, 3.05) is 11.0 Å². The number of nitrogens with zero attached hydrogens (tertiary/aromatic N) is 1. The van der Waals surface area contributed by atoms with E-state index in [0.717, 1.165) is 19.1 Å². The van der Waals surface area contributed by atoms with Gasteiger partial charge in [-0.25, -0.2) is 13.4 Å². The Bertz CT molecular complexity index is 589. The SMILES string of the molecule is CC(C)(C)Oc1ncc(NS(C)(=O)=O)cc1OC1CC1. The van der Waals surface area contributed by atoms with Gasteiger partial charge in [0.15, 0.2) is 5.75 Å². The van der Waals surface area contributed by atoms with Crippen molar-refractivity contribution >= 4 is 15.7 Å². The predicted molar refractivity (Wildman–Crippen MR) is 76.7 cm³/mol. The van der Waals surface area contributed by atoms with Gasteiger partial charge in [-0.05, 0) is 33.6 Å². The smallest absolute Gasteiger partial charge is 0.257 e. The molecule has 0 radical (unpaired) electrons. The van der Waals surface area contributed by atoms with Crippen molar-refractivity contribution in [1.82, 2.24) is 4.98 Å². The minimum atomic E-state index is -3.34. The summed E-state index contributed by atoms with van der Waals surface area (Å²) in [5.74, 6) is 0.847. The van der Waals surface area contributed by atoms with Crippen LogP contribution in [0.2, 0.25) is 0 Å². The van der Waals surface area contributed by atoms with Gasteiger partial charge in [0.25, 0.3) is 5.88 Å². The molecule has 0 spiro atoms. The standard InChI is InChI=1S/C13H20N2O4S/c1-13(2,3)19-12-11(18-10-5-6-10)7-9(8-14-12)15-20(4,16)17/h7-8,10,15H,5-6H2,1-4H3. The maximum absolute atomic E-state index is 11.2. The molecule has 1 aliphatic carbocycles. The Morgan fingerprint density at radius 3 is 2.50 bits per heavy atom. The maximum atomic E-state index is 11.2. The van der Waals surface area contributed by atoms with Gasteiger partial charge in [0.05, 0.1) is 24.2 Å². The first-order valence-electron chi connectivity index (χ1n) is 6.46. The van der Waals surface area contributed by atoms with Crippen molar-refractivity contribution < 1.29 is 17.9 Å². The topological polar surface area (TPSA) is 77.5 Å². The third-order valence-electron chi connectivity index (χ3n) is 2.34. The van der Waals surface area contributed by atoms with Crippen LogP contribution in [0.25, 0.3) is 0 Å². The van der Waals surface area contributed by atoms with Crippen molar-refractivity contribution in [2.45, 2.75) is 45.3 Å². The van der Waals surface area contributed by atoms with Crippen molar-refractivity contribution in [1.29, 1.82) is 0 Å². The predicted octanol–water partition coefficient (Wildman–Crippen LogP) is 2.17. The molecule has 0 atom stereocenters. The molecule has 7 heteroatoms. The van der Waals surface area contributed by atoms with Gasteiger partial charge in [0.2, 0.25) is 10.0 Å². The number of aromatic nitrogens is 1. The lowest BCUT2D eigenvalue weighted by molar-refractivity contribution is 0.115. The van der Waals surface area contributed by atoms with Gasteiger partial charge < -0.3 is 9.47 Å². The van der Waals surface area contributed by atoms with Crippen molar-refractivity contribution in [3.63, 3.8) is 0 Å². The zero-order valence-electron chi connectivity index (χ0n) is 12.1. The van der Waals surface area contributed by atoms with E-state index in [1.54, 1.807) is 6.07 Å². The summed E-state index contributed by atoms with van der Waals surface area (Å²) in [7, 11) is -3.34. The van der Waals surface area contributed by atoms with Crippen molar-refractivity contribution in [3.8, 4) is 11.6 Å². The van der Waals surface area contributed by atoms with Crippen LogP contribution in [0.15, 0.2) is 12.3 Å².